The molecule has 150 valence electrons. The molecule has 5 heteroatoms. The molecule has 2 saturated heterocycles. The molecule has 28 heavy (non-hydrogen) atoms. The molecule has 0 bridgehead atoms. The van der Waals surface area contributed by atoms with Crippen LogP contribution < -0.4 is 0 Å². The van der Waals surface area contributed by atoms with E-state index in [4.69, 9.17) is 0 Å². The first-order valence-corrected chi connectivity index (χ1v) is 10.7. The molecule has 0 radical (unpaired) electrons. The number of nitrogens with zero attached hydrogens (tertiary/aromatic N) is 4. The molecule has 0 unspecified atom stereocenters. The summed E-state index contributed by atoms with van der Waals surface area (Å²) in [6.45, 7) is 7.69. The summed E-state index contributed by atoms with van der Waals surface area (Å²) in [7, 11) is 0. The van der Waals surface area contributed by atoms with Crippen LogP contribution in [0.1, 0.15) is 42.4 Å². The van der Waals surface area contributed by atoms with Crippen LogP contribution in [0, 0.1) is 12.8 Å². The zero-order valence-corrected chi connectivity index (χ0v) is 17.0. The lowest BCUT2D eigenvalue weighted by Crippen LogP contribution is -2.40. The largest absolute Gasteiger partial charge is 0.341 e. The average Bonchev–Trinajstić information content (AvgIpc) is 3.36. The summed E-state index contributed by atoms with van der Waals surface area (Å²) >= 11 is 0. The second-order valence-electron chi connectivity index (χ2n) is 8.54. The molecule has 3 heterocycles. The third-order valence-corrected chi connectivity index (χ3v) is 6.18. The van der Waals surface area contributed by atoms with E-state index in [0.717, 1.165) is 44.5 Å². The summed E-state index contributed by atoms with van der Waals surface area (Å²) in [4.78, 5) is 17.0. The quantitative estimate of drug-likeness (QED) is 0.772. The molecule has 0 aliphatic carbocycles. The number of carbonyl (C=O) groups is 1. The van der Waals surface area contributed by atoms with Crippen LogP contribution in [-0.2, 0) is 24.3 Å². The Hall–Kier alpha value is -2.14. The Balaban J connectivity index is 1.22. The number of hydrogen-bond acceptors (Lipinski definition) is 3. The van der Waals surface area contributed by atoms with Crippen LogP contribution in [0.25, 0.3) is 0 Å². The minimum atomic E-state index is 0.188. The molecule has 2 aliphatic heterocycles. The fourth-order valence-corrected chi connectivity index (χ4v) is 4.49. The van der Waals surface area contributed by atoms with Gasteiger partial charge in [-0.15, -0.1) is 0 Å². The van der Waals surface area contributed by atoms with Crippen molar-refractivity contribution in [1.29, 1.82) is 0 Å². The van der Waals surface area contributed by atoms with Crippen molar-refractivity contribution in [1.82, 2.24) is 19.6 Å². The molecule has 2 fully saturated rings. The summed E-state index contributed by atoms with van der Waals surface area (Å²) in [5.74, 6) is 0.869. The Morgan fingerprint density at radius 2 is 1.71 bits per heavy atom. The predicted molar refractivity (Wildman–Crippen MR) is 111 cm³/mol. The monoisotopic (exact) mass is 380 g/mol. The molecule has 4 rings (SSSR count). The van der Waals surface area contributed by atoms with Crippen molar-refractivity contribution in [3.63, 3.8) is 0 Å². The van der Waals surface area contributed by atoms with Gasteiger partial charge in [-0.2, -0.15) is 5.10 Å². The van der Waals surface area contributed by atoms with Crippen LogP contribution in [-0.4, -0.2) is 51.7 Å². The Bertz CT molecular complexity index is 768. The Kier molecular flexibility index (Phi) is 6.10. The molecule has 5 nitrogen and oxygen atoms in total. The topological polar surface area (TPSA) is 41.4 Å². The predicted octanol–water partition coefficient (Wildman–Crippen LogP) is 3.27. The van der Waals surface area contributed by atoms with Crippen molar-refractivity contribution < 1.29 is 4.79 Å². The number of aryl methyl sites for hydroxylation is 1. The molecule has 0 saturated carbocycles. The number of piperidine rings is 1. The minimum Gasteiger partial charge on any atom is -0.341 e. The normalized spacial score (nSPS) is 18.7. The van der Waals surface area contributed by atoms with Crippen molar-refractivity contribution in [3.05, 3.63) is 53.3 Å². The zero-order chi connectivity index (χ0) is 19.3. The Morgan fingerprint density at radius 3 is 2.36 bits per heavy atom. The van der Waals surface area contributed by atoms with Crippen LogP contribution in [0.4, 0.5) is 0 Å². The molecular weight excluding hydrogens is 348 g/mol. The first kappa shape index (κ1) is 19.2. The number of aromatic nitrogens is 2. The smallest absolute Gasteiger partial charge is 0.244 e. The highest BCUT2D eigenvalue weighted by Gasteiger charge is 2.23. The average molecular weight is 381 g/mol. The maximum absolute atomic E-state index is 12.5. The van der Waals surface area contributed by atoms with E-state index in [1.165, 1.54) is 37.1 Å². The number of benzene rings is 1. The fraction of sp³-hybridized carbons (Fsp3) is 0.565. The third-order valence-electron chi connectivity index (χ3n) is 6.18. The van der Waals surface area contributed by atoms with E-state index in [0.29, 0.717) is 12.5 Å². The minimum absolute atomic E-state index is 0.188. The van der Waals surface area contributed by atoms with Gasteiger partial charge in [0.05, 0.1) is 6.20 Å². The van der Waals surface area contributed by atoms with Gasteiger partial charge < -0.3 is 4.90 Å². The van der Waals surface area contributed by atoms with Crippen LogP contribution >= 0.6 is 0 Å². The second-order valence-corrected chi connectivity index (χ2v) is 8.54. The molecule has 1 aromatic heterocycles. The molecule has 1 amide bonds. The van der Waals surface area contributed by atoms with Crippen LogP contribution in [0.15, 0.2) is 36.7 Å². The van der Waals surface area contributed by atoms with Crippen LogP contribution in [0.5, 0.6) is 0 Å². The van der Waals surface area contributed by atoms with Gasteiger partial charge in [-0.1, -0.05) is 24.3 Å². The Morgan fingerprint density at radius 1 is 1.04 bits per heavy atom. The van der Waals surface area contributed by atoms with E-state index < -0.39 is 0 Å². The number of rotatable bonds is 6. The van der Waals surface area contributed by atoms with Gasteiger partial charge in [-0.05, 0) is 74.7 Å². The summed E-state index contributed by atoms with van der Waals surface area (Å²) in [6, 6.07) is 9.22. The van der Waals surface area contributed by atoms with Gasteiger partial charge in [0.1, 0.15) is 6.54 Å². The van der Waals surface area contributed by atoms with Crippen molar-refractivity contribution in [2.75, 3.05) is 26.2 Å². The highest BCUT2D eigenvalue weighted by atomic mass is 16.2. The number of hydrogen-bond donors (Lipinski definition) is 0. The first-order valence-electron chi connectivity index (χ1n) is 10.7. The van der Waals surface area contributed by atoms with Gasteiger partial charge in [0.15, 0.2) is 0 Å². The first-order chi connectivity index (χ1) is 13.7. The zero-order valence-electron chi connectivity index (χ0n) is 17.0. The van der Waals surface area contributed by atoms with Gasteiger partial charge in [-0.3, -0.25) is 14.4 Å². The van der Waals surface area contributed by atoms with Crippen molar-refractivity contribution in [2.24, 2.45) is 5.92 Å². The number of amides is 1. The standard InChI is InChI=1S/C23H32N4O/c1-19-15-24-27(16-19)18-23(28)26-12-8-21(9-13-26)14-20-4-6-22(7-5-20)17-25-10-2-3-11-25/h4-7,15-16,21H,2-3,8-14,17-18H2,1H3. The Labute approximate surface area is 168 Å². The van der Waals surface area contributed by atoms with Gasteiger partial charge in [0.2, 0.25) is 5.91 Å². The SMILES string of the molecule is Cc1cnn(CC(=O)N2CCC(Cc3ccc(CN4CCCC4)cc3)CC2)c1. The lowest BCUT2D eigenvalue weighted by Gasteiger charge is -2.32. The highest BCUT2D eigenvalue weighted by Crippen LogP contribution is 2.23. The molecule has 0 N–H and O–H groups in total. The lowest BCUT2D eigenvalue weighted by atomic mass is 9.90. The van der Waals surface area contributed by atoms with E-state index in [1.54, 1.807) is 10.9 Å². The lowest BCUT2D eigenvalue weighted by molar-refractivity contribution is -0.133. The number of likely N-dealkylation sites (tertiary alicyclic amines) is 2. The molecule has 1 aromatic carbocycles. The molecule has 2 aromatic rings. The third kappa shape index (κ3) is 5.02. The summed E-state index contributed by atoms with van der Waals surface area (Å²) < 4.78 is 1.74. The highest BCUT2D eigenvalue weighted by molar-refractivity contribution is 5.76. The van der Waals surface area contributed by atoms with E-state index in [9.17, 15) is 4.79 Å². The van der Waals surface area contributed by atoms with E-state index in [2.05, 4.69) is 34.3 Å². The number of carbonyl (C=O) groups excluding carboxylic acids is 1. The molecule has 0 spiro atoms. The molecule has 0 atom stereocenters. The van der Waals surface area contributed by atoms with E-state index in [1.807, 2.05) is 18.0 Å². The summed E-state index contributed by atoms with van der Waals surface area (Å²) in [5, 5.41) is 4.23. The van der Waals surface area contributed by atoms with E-state index >= 15 is 0 Å². The molecular formula is C23H32N4O. The van der Waals surface area contributed by atoms with Crippen LogP contribution in [0.2, 0.25) is 0 Å². The summed E-state index contributed by atoms with van der Waals surface area (Å²) in [6.07, 6.45) is 9.75. The fourth-order valence-electron chi connectivity index (χ4n) is 4.49. The second kappa shape index (κ2) is 8.91. The van der Waals surface area contributed by atoms with Crippen LogP contribution in [0.3, 0.4) is 0 Å². The van der Waals surface area contributed by atoms with E-state index in [-0.39, 0.29) is 5.91 Å². The van der Waals surface area contributed by atoms with Crippen molar-refractivity contribution in [2.45, 2.75) is 52.1 Å². The summed E-state index contributed by atoms with van der Waals surface area (Å²) in [5.41, 5.74) is 3.96. The maximum Gasteiger partial charge on any atom is 0.244 e. The van der Waals surface area contributed by atoms with Crippen molar-refractivity contribution in [3.8, 4) is 0 Å². The van der Waals surface area contributed by atoms with Gasteiger partial charge in [-0.25, -0.2) is 0 Å². The van der Waals surface area contributed by atoms with Gasteiger partial charge in [0.25, 0.3) is 0 Å². The maximum atomic E-state index is 12.5. The van der Waals surface area contributed by atoms with Crippen molar-refractivity contribution >= 4 is 5.91 Å². The molecule has 2 aliphatic rings. The van der Waals surface area contributed by atoms with Gasteiger partial charge in [0, 0.05) is 25.8 Å². The van der Waals surface area contributed by atoms with Gasteiger partial charge >= 0.3 is 0 Å².